The van der Waals surface area contributed by atoms with Crippen LogP contribution < -0.4 is 15.8 Å². The minimum Gasteiger partial charge on any atom is -0.489 e. The molecule has 1 unspecified atom stereocenters. The predicted octanol–water partition coefficient (Wildman–Crippen LogP) is 0.772. The summed E-state index contributed by atoms with van der Waals surface area (Å²) < 4.78 is 23.3. The Morgan fingerprint density at radius 1 is 1.59 bits per heavy atom. The quantitative estimate of drug-likeness (QED) is 0.815. The summed E-state index contributed by atoms with van der Waals surface area (Å²) in [6.07, 6.45) is -0.769. The Hall–Kier alpha value is -1.82. The van der Waals surface area contributed by atoms with Gasteiger partial charge in [-0.25, -0.2) is 9.18 Å². The molecule has 0 aromatic heterocycles. The molecule has 1 fully saturated rings. The van der Waals surface area contributed by atoms with Crippen LogP contribution in [-0.2, 0) is 11.3 Å². The molecule has 1 heterocycles. The fourth-order valence-corrected chi connectivity index (χ4v) is 1.56. The number of amides is 1. The Morgan fingerprint density at radius 3 is 3.06 bits per heavy atom. The molecule has 1 saturated heterocycles. The molecule has 2 rings (SSSR count). The summed E-state index contributed by atoms with van der Waals surface area (Å²) in [6.45, 7) is 0.825. The van der Waals surface area contributed by atoms with Gasteiger partial charge in [0.05, 0.1) is 6.54 Å². The lowest BCUT2D eigenvalue weighted by Gasteiger charge is -2.13. The minimum atomic E-state index is -0.447. The summed E-state index contributed by atoms with van der Waals surface area (Å²) in [5.41, 5.74) is 6.07. The van der Waals surface area contributed by atoms with Gasteiger partial charge in [0.25, 0.3) is 0 Å². The van der Waals surface area contributed by atoms with Gasteiger partial charge < -0.3 is 20.5 Å². The van der Waals surface area contributed by atoms with Crippen molar-refractivity contribution in [3.63, 3.8) is 0 Å². The number of hydrogen-bond donors (Lipinski definition) is 2. The number of nitrogens with one attached hydrogen (secondary N) is 1. The van der Waals surface area contributed by atoms with Crippen LogP contribution >= 0.6 is 0 Å². The number of alkyl carbamates (subject to hydrolysis) is 1. The number of nitrogens with two attached hydrogens (primary N) is 1. The van der Waals surface area contributed by atoms with Crippen molar-refractivity contribution in [2.24, 2.45) is 5.73 Å². The third kappa shape index (κ3) is 2.85. The van der Waals surface area contributed by atoms with Gasteiger partial charge in [0, 0.05) is 12.1 Å². The highest BCUT2D eigenvalue weighted by molar-refractivity contribution is 5.69. The van der Waals surface area contributed by atoms with Crippen molar-refractivity contribution < 1.29 is 18.7 Å². The standard InChI is InChI=1S/C11H13FN2O3/c12-8-1-2-10(7(3-8)4-13)16-6-9-5-14-11(15)17-9/h1-3,9H,4-6,13H2,(H,14,15). The first-order valence-corrected chi connectivity index (χ1v) is 5.25. The van der Waals surface area contributed by atoms with Crippen LogP contribution in [-0.4, -0.2) is 25.3 Å². The number of rotatable bonds is 4. The molecule has 0 spiro atoms. The van der Waals surface area contributed by atoms with Gasteiger partial charge in [-0.15, -0.1) is 0 Å². The third-order valence-corrected chi connectivity index (χ3v) is 2.41. The summed E-state index contributed by atoms with van der Waals surface area (Å²) in [7, 11) is 0. The molecular formula is C11H13FN2O3. The molecule has 5 nitrogen and oxygen atoms in total. The molecule has 0 saturated carbocycles. The van der Waals surface area contributed by atoms with E-state index in [2.05, 4.69) is 5.32 Å². The zero-order chi connectivity index (χ0) is 12.3. The van der Waals surface area contributed by atoms with Gasteiger partial charge in [-0.05, 0) is 18.2 Å². The highest BCUT2D eigenvalue weighted by Crippen LogP contribution is 2.19. The molecule has 0 aliphatic carbocycles. The number of carbonyl (C=O) groups is 1. The lowest BCUT2D eigenvalue weighted by atomic mass is 10.2. The second kappa shape index (κ2) is 5.01. The van der Waals surface area contributed by atoms with Crippen molar-refractivity contribution in [3.8, 4) is 5.75 Å². The number of carbonyl (C=O) groups excluding carboxylic acids is 1. The lowest BCUT2D eigenvalue weighted by Crippen LogP contribution is -2.22. The Labute approximate surface area is 97.7 Å². The first-order valence-electron chi connectivity index (χ1n) is 5.25. The topological polar surface area (TPSA) is 73.6 Å². The average Bonchev–Trinajstić information content (AvgIpc) is 2.73. The molecule has 1 amide bonds. The summed E-state index contributed by atoms with van der Waals surface area (Å²) in [5, 5.41) is 2.52. The highest BCUT2D eigenvalue weighted by Gasteiger charge is 2.23. The second-order valence-electron chi connectivity index (χ2n) is 3.68. The molecule has 92 valence electrons. The van der Waals surface area contributed by atoms with E-state index < -0.39 is 6.09 Å². The van der Waals surface area contributed by atoms with E-state index in [4.69, 9.17) is 15.2 Å². The van der Waals surface area contributed by atoms with Gasteiger partial charge in [0.15, 0.2) is 6.10 Å². The van der Waals surface area contributed by atoms with Crippen molar-refractivity contribution in [3.05, 3.63) is 29.6 Å². The molecule has 1 aromatic carbocycles. The fraction of sp³-hybridized carbons (Fsp3) is 0.364. The van der Waals surface area contributed by atoms with Gasteiger partial charge in [-0.1, -0.05) is 0 Å². The maximum absolute atomic E-state index is 12.9. The summed E-state index contributed by atoms with van der Waals surface area (Å²) in [5.74, 6) is 0.156. The van der Waals surface area contributed by atoms with Crippen LogP contribution in [0.4, 0.5) is 9.18 Å². The van der Waals surface area contributed by atoms with E-state index in [0.29, 0.717) is 17.9 Å². The molecule has 17 heavy (non-hydrogen) atoms. The van der Waals surface area contributed by atoms with Crippen molar-refractivity contribution in [1.29, 1.82) is 0 Å². The number of benzene rings is 1. The van der Waals surface area contributed by atoms with Crippen LogP contribution in [0.25, 0.3) is 0 Å². The number of hydrogen-bond acceptors (Lipinski definition) is 4. The molecule has 0 bridgehead atoms. The van der Waals surface area contributed by atoms with E-state index >= 15 is 0 Å². The maximum atomic E-state index is 12.9. The molecule has 6 heteroatoms. The van der Waals surface area contributed by atoms with Crippen molar-refractivity contribution in [1.82, 2.24) is 5.32 Å². The van der Waals surface area contributed by atoms with E-state index in [1.165, 1.54) is 18.2 Å². The molecule has 1 aromatic rings. The summed E-state index contributed by atoms with van der Waals surface area (Å²) in [6, 6.07) is 4.14. The Morgan fingerprint density at radius 2 is 2.41 bits per heavy atom. The molecule has 3 N–H and O–H groups in total. The SMILES string of the molecule is NCc1cc(F)ccc1OCC1CNC(=O)O1. The minimum absolute atomic E-state index is 0.190. The van der Waals surface area contributed by atoms with E-state index in [0.717, 1.165) is 0 Å². The van der Waals surface area contributed by atoms with Crippen LogP contribution in [0.3, 0.4) is 0 Å². The lowest BCUT2D eigenvalue weighted by molar-refractivity contribution is 0.104. The van der Waals surface area contributed by atoms with Crippen LogP contribution in [0.5, 0.6) is 5.75 Å². The number of halogens is 1. The first kappa shape index (κ1) is 11.7. The van der Waals surface area contributed by atoms with Gasteiger partial charge in [-0.2, -0.15) is 0 Å². The van der Waals surface area contributed by atoms with Gasteiger partial charge >= 0.3 is 6.09 Å². The number of cyclic esters (lactones) is 1. The van der Waals surface area contributed by atoms with Gasteiger partial charge in [-0.3, -0.25) is 0 Å². The Kier molecular flexibility index (Phi) is 3.43. The van der Waals surface area contributed by atoms with Crippen LogP contribution in [0.1, 0.15) is 5.56 Å². The van der Waals surface area contributed by atoms with Crippen molar-refractivity contribution >= 4 is 6.09 Å². The molecular weight excluding hydrogens is 227 g/mol. The van der Waals surface area contributed by atoms with E-state index in [1.54, 1.807) is 0 Å². The molecule has 1 atom stereocenters. The smallest absolute Gasteiger partial charge is 0.407 e. The van der Waals surface area contributed by atoms with E-state index in [-0.39, 0.29) is 25.1 Å². The molecule has 1 aliphatic heterocycles. The van der Waals surface area contributed by atoms with E-state index in [9.17, 15) is 9.18 Å². The Balaban J connectivity index is 1.96. The van der Waals surface area contributed by atoms with Crippen LogP contribution in [0, 0.1) is 5.82 Å². The second-order valence-corrected chi connectivity index (χ2v) is 3.68. The fourth-order valence-electron chi connectivity index (χ4n) is 1.56. The highest BCUT2D eigenvalue weighted by atomic mass is 19.1. The van der Waals surface area contributed by atoms with Crippen molar-refractivity contribution in [2.45, 2.75) is 12.6 Å². The van der Waals surface area contributed by atoms with E-state index in [1.807, 2.05) is 0 Å². The monoisotopic (exact) mass is 240 g/mol. The first-order chi connectivity index (χ1) is 8.19. The Bertz CT molecular complexity index is 425. The molecule has 1 aliphatic rings. The van der Waals surface area contributed by atoms with Gasteiger partial charge in [0.1, 0.15) is 18.2 Å². The van der Waals surface area contributed by atoms with Crippen LogP contribution in [0.2, 0.25) is 0 Å². The summed E-state index contributed by atoms with van der Waals surface area (Å²) in [4.78, 5) is 10.8. The maximum Gasteiger partial charge on any atom is 0.407 e. The average molecular weight is 240 g/mol. The predicted molar refractivity (Wildman–Crippen MR) is 58.1 cm³/mol. The summed E-state index contributed by atoms with van der Waals surface area (Å²) >= 11 is 0. The third-order valence-electron chi connectivity index (χ3n) is 2.41. The van der Waals surface area contributed by atoms with Crippen LogP contribution in [0.15, 0.2) is 18.2 Å². The largest absolute Gasteiger partial charge is 0.489 e. The molecule has 0 radical (unpaired) electrons. The number of ether oxygens (including phenoxy) is 2. The zero-order valence-corrected chi connectivity index (χ0v) is 9.11. The normalized spacial score (nSPS) is 18.7. The zero-order valence-electron chi connectivity index (χ0n) is 9.11. The van der Waals surface area contributed by atoms with Gasteiger partial charge in [0.2, 0.25) is 0 Å². The van der Waals surface area contributed by atoms with Crippen molar-refractivity contribution in [2.75, 3.05) is 13.2 Å².